The summed E-state index contributed by atoms with van der Waals surface area (Å²) in [5, 5.41) is 4.55. The third-order valence-electron chi connectivity index (χ3n) is 3.14. The maximum absolute atomic E-state index is 12.4. The number of fused-ring (bicyclic) bond motifs is 1. The van der Waals surface area contributed by atoms with Crippen LogP contribution in [-0.4, -0.2) is 15.4 Å². The van der Waals surface area contributed by atoms with Crippen LogP contribution in [0.15, 0.2) is 18.3 Å². The Morgan fingerprint density at radius 3 is 2.50 bits per heavy atom. The van der Waals surface area contributed by atoms with E-state index in [1.54, 1.807) is 0 Å². The Kier molecular flexibility index (Phi) is 3.24. The van der Waals surface area contributed by atoms with Crippen LogP contribution in [0.4, 0.5) is 0 Å². The molecule has 0 N–H and O–H groups in total. The maximum Gasteiger partial charge on any atom is 0.169 e. The second kappa shape index (κ2) is 4.56. The predicted molar refractivity (Wildman–Crippen MR) is 73.2 cm³/mol. The molecule has 18 heavy (non-hydrogen) atoms. The van der Waals surface area contributed by atoms with Gasteiger partial charge in [0.25, 0.3) is 0 Å². The van der Waals surface area contributed by atoms with Crippen molar-refractivity contribution in [3.8, 4) is 0 Å². The summed E-state index contributed by atoms with van der Waals surface area (Å²) < 4.78 is 1.82. The van der Waals surface area contributed by atoms with Crippen molar-refractivity contribution in [1.82, 2.24) is 9.61 Å². The second-order valence-corrected chi connectivity index (χ2v) is 5.47. The summed E-state index contributed by atoms with van der Waals surface area (Å²) in [4.78, 5) is 12.4. The van der Waals surface area contributed by atoms with Gasteiger partial charge < -0.3 is 0 Å². The van der Waals surface area contributed by atoms with E-state index in [4.69, 9.17) is 0 Å². The molecule has 0 bridgehead atoms. The molecule has 0 amide bonds. The number of ketones is 1. The molecule has 0 unspecified atom stereocenters. The van der Waals surface area contributed by atoms with Crippen molar-refractivity contribution >= 4 is 11.3 Å². The van der Waals surface area contributed by atoms with Crippen LogP contribution >= 0.6 is 0 Å². The van der Waals surface area contributed by atoms with Crippen molar-refractivity contribution in [2.24, 2.45) is 5.92 Å². The zero-order valence-corrected chi connectivity index (χ0v) is 11.7. The number of rotatable bonds is 3. The maximum atomic E-state index is 12.4. The lowest BCUT2D eigenvalue weighted by Gasteiger charge is -2.07. The molecule has 3 heteroatoms. The minimum atomic E-state index is -0.00369. The minimum Gasteiger partial charge on any atom is -0.294 e. The van der Waals surface area contributed by atoms with Crippen molar-refractivity contribution < 1.29 is 4.79 Å². The summed E-state index contributed by atoms with van der Waals surface area (Å²) in [5.74, 6) is 0.429. The van der Waals surface area contributed by atoms with Crippen LogP contribution in [-0.2, 0) is 0 Å². The monoisotopic (exact) mass is 244 g/mol. The molecule has 2 rings (SSSR count). The van der Waals surface area contributed by atoms with Crippen LogP contribution in [0.5, 0.6) is 0 Å². The van der Waals surface area contributed by atoms with E-state index in [0.717, 1.165) is 22.3 Å². The molecule has 3 nitrogen and oxygen atoms in total. The van der Waals surface area contributed by atoms with Crippen LogP contribution in [0.25, 0.3) is 5.52 Å². The zero-order chi connectivity index (χ0) is 13.4. The fourth-order valence-electron chi connectivity index (χ4n) is 2.11. The van der Waals surface area contributed by atoms with E-state index >= 15 is 0 Å². The van der Waals surface area contributed by atoms with E-state index in [-0.39, 0.29) is 17.6 Å². The first-order valence-electron chi connectivity index (χ1n) is 6.45. The molecule has 2 heterocycles. The average molecular weight is 244 g/mol. The highest BCUT2D eigenvalue weighted by Gasteiger charge is 2.23. The van der Waals surface area contributed by atoms with Gasteiger partial charge in [-0.05, 0) is 30.5 Å². The molecule has 0 aliphatic rings. The summed E-state index contributed by atoms with van der Waals surface area (Å²) in [6.07, 6.45) is 1.92. The predicted octanol–water partition coefficient (Wildman–Crippen LogP) is 3.60. The van der Waals surface area contributed by atoms with Crippen molar-refractivity contribution in [3.63, 3.8) is 0 Å². The quantitative estimate of drug-likeness (QED) is 0.773. The first kappa shape index (κ1) is 12.8. The summed E-state index contributed by atoms with van der Waals surface area (Å²) in [5.41, 5.74) is 3.77. The van der Waals surface area contributed by atoms with Crippen LogP contribution in [0, 0.1) is 12.8 Å². The number of aromatic nitrogens is 2. The molecule has 2 aromatic heterocycles. The minimum absolute atomic E-state index is 0.00369. The standard InChI is InChI=1S/C15H20N2O/c1-9(2)14-13(15(18)10(3)4)12-8-11(5)6-7-17(12)16-14/h6-10H,1-5H3. The van der Waals surface area contributed by atoms with Crippen molar-refractivity contribution in [3.05, 3.63) is 35.2 Å². The summed E-state index contributed by atoms with van der Waals surface area (Å²) in [6.45, 7) is 10.1. The molecule has 96 valence electrons. The van der Waals surface area contributed by atoms with E-state index in [9.17, 15) is 4.79 Å². The fourth-order valence-corrected chi connectivity index (χ4v) is 2.11. The van der Waals surface area contributed by atoms with Gasteiger partial charge in [0.1, 0.15) is 0 Å². The van der Waals surface area contributed by atoms with Gasteiger partial charge in [0, 0.05) is 12.1 Å². The first-order chi connectivity index (χ1) is 8.41. The van der Waals surface area contributed by atoms with Gasteiger partial charge in [-0.3, -0.25) is 4.79 Å². The number of aryl methyl sites for hydroxylation is 1. The average Bonchev–Trinajstić information content (AvgIpc) is 2.66. The molecule has 2 aromatic rings. The Labute approximate surface area is 108 Å². The number of nitrogens with zero attached hydrogens (tertiary/aromatic N) is 2. The number of hydrogen-bond donors (Lipinski definition) is 0. The van der Waals surface area contributed by atoms with Gasteiger partial charge in [0.2, 0.25) is 0 Å². The van der Waals surface area contributed by atoms with Gasteiger partial charge in [-0.2, -0.15) is 5.10 Å². The molecule has 0 aromatic carbocycles. The van der Waals surface area contributed by atoms with E-state index in [2.05, 4.69) is 18.9 Å². The lowest BCUT2D eigenvalue weighted by molar-refractivity contribution is 0.0939. The Hall–Kier alpha value is -1.64. The summed E-state index contributed by atoms with van der Waals surface area (Å²) >= 11 is 0. The summed E-state index contributed by atoms with van der Waals surface area (Å²) in [6, 6.07) is 4.04. The first-order valence-corrected chi connectivity index (χ1v) is 6.45. The highest BCUT2D eigenvalue weighted by molar-refractivity contribution is 6.04. The second-order valence-electron chi connectivity index (χ2n) is 5.47. The third-order valence-corrected chi connectivity index (χ3v) is 3.14. The van der Waals surface area contributed by atoms with Gasteiger partial charge >= 0.3 is 0 Å². The smallest absolute Gasteiger partial charge is 0.169 e. The van der Waals surface area contributed by atoms with Crippen LogP contribution < -0.4 is 0 Å². The molecule has 0 fully saturated rings. The van der Waals surface area contributed by atoms with Crippen molar-refractivity contribution in [1.29, 1.82) is 0 Å². The largest absolute Gasteiger partial charge is 0.294 e. The molecular weight excluding hydrogens is 224 g/mol. The van der Waals surface area contributed by atoms with Gasteiger partial charge in [-0.15, -0.1) is 0 Å². The van der Waals surface area contributed by atoms with E-state index < -0.39 is 0 Å². The third kappa shape index (κ3) is 2.05. The Balaban J connectivity index is 2.76. The number of hydrogen-bond acceptors (Lipinski definition) is 2. The van der Waals surface area contributed by atoms with Gasteiger partial charge in [-0.25, -0.2) is 4.52 Å². The highest BCUT2D eigenvalue weighted by Crippen LogP contribution is 2.26. The fraction of sp³-hybridized carbons (Fsp3) is 0.467. The van der Waals surface area contributed by atoms with Crippen LogP contribution in [0.1, 0.15) is 55.2 Å². The number of pyridine rings is 1. The van der Waals surface area contributed by atoms with E-state index in [1.807, 2.05) is 43.6 Å². The SMILES string of the molecule is Cc1ccn2nc(C(C)C)c(C(=O)C(C)C)c2c1. The van der Waals surface area contributed by atoms with Crippen molar-refractivity contribution in [2.75, 3.05) is 0 Å². The molecule has 0 aliphatic carbocycles. The van der Waals surface area contributed by atoms with Gasteiger partial charge in [-0.1, -0.05) is 27.7 Å². The molecule has 0 radical (unpaired) electrons. The number of carbonyl (C=O) groups excluding carboxylic acids is 1. The topological polar surface area (TPSA) is 34.4 Å². The van der Waals surface area contributed by atoms with Gasteiger partial charge in [0.05, 0.1) is 16.8 Å². The molecule has 0 spiro atoms. The Bertz CT molecular complexity index is 594. The molecule has 0 atom stereocenters. The Morgan fingerprint density at radius 1 is 1.28 bits per heavy atom. The summed E-state index contributed by atoms with van der Waals surface area (Å²) in [7, 11) is 0. The van der Waals surface area contributed by atoms with Gasteiger partial charge in [0.15, 0.2) is 5.78 Å². The number of Topliss-reactive ketones (excluding diaryl/α,β-unsaturated/α-hetero) is 1. The lowest BCUT2D eigenvalue weighted by atomic mass is 9.95. The number of carbonyl (C=O) groups is 1. The normalized spacial score (nSPS) is 11.7. The Morgan fingerprint density at radius 2 is 1.94 bits per heavy atom. The zero-order valence-electron chi connectivity index (χ0n) is 11.7. The highest BCUT2D eigenvalue weighted by atomic mass is 16.1. The van der Waals surface area contributed by atoms with Crippen molar-refractivity contribution in [2.45, 2.75) is 40.5 Å². The molecular formula is C15H20N2O. The lowest BCUT2D eigenvalue weighted by Crippen LogP contribution is -2.10. The molecule has 0 aliphatic heterocycles. The molecule has 0 saturated carbocycles. The van der Waals surface area contributed by atoms with Crippen LogP contribution in [0.2, 0.25) is 0 Å². The van der Waals surface area contributed by atoms with Crippen LogP contribution in [0.3, 0.4) is 0 Å². The van der Waals surface area contributed by atoms with E-state index in [1.165, 1.54) is 0 Å². The molecule has 0 saturated heterocycles. The van der Waals surface area contributed by atoms with E-state index in [0.29, 0.717) is 0 Å².